The molecule has 5 heteroatoms. The normalized spacial score (nSPS) is 18.8. The van der Waals surface area contributed by atoms with E-state index >= 15 is 0 Å². The van der Waals surface area contributed by atoms with E-state index in [9.17, 15) is 4.79 Å². The highest BCUT2D eigenvalue weighted by atomic mass is 32.2. The van der Waals surface area contributed by atoms with Crippen molar-refractivity contribution < 1.29 is 4.42 Å². The van der Waals surface area contributed by atoms with Crippen LogP contribution in [-0.4, -0.2) is 11.2 Å². The summed E-state index contributed by atoms with van der Waals surface area (Å²) in [5, 5.41) is 5.91. The highest BCUT2D eigenvalue weighted by Gasteiger charge is 2.12. The number of nitrogens with zero attached hydrogens (tertiary/aromatic N) is 1. The van der Waals surface area contributed by atoms with Crippen LogP contribution in [0.5, 0.6) is 0 Å². The van der Waals surface area contributed by atoms with Crippen molar-refractivity contribution in [1.82, 2.24) is 5.32 Å². The first-order chi connectivity index (χ1) is 9.24. The quantitative estimate of drug-likeness (QED) is 0.674. The molecule has 1 aliphatic rings. The van der Waals surface area contributed by atoms with Gasteiger partial charge in [-0.15, -0.1) is 0 Å². The van der Waals surface area contributed by atoms with E-state index in [2.05, 4.69) is 10.3 Å². The van der Waals surface area contributed by atoms with Crippen molar-refractivity contribution in [3.8, 4) is 0 Å². The van der Waals surface area contributed by atoms with Gasteiger partial charge in [0.25, 0.3) is 0 Å². The summed E-state index contributed by atoms with van der Waals surface area (Å²) in [5.74, 6) is 0. The highest BCUT2D eigenvalue weighted by Crippen LogP contribution is 2.18. The third-order valence-electron chi connectivity index (χ3n) is 2.86. The molecule has 1 atom stereocenters. The molecule has 0 bridgehead atoms. The fourth-order valence-corrected chi connectivity index (χ4v) is 2.58. The molecule has 0 saturated heterocycles. The van der Waals surface area contributed by atoms with Crippen LogP contribution in [0, 0.1) is 0 Å². The van der Waals surface area contributed by atoms with Crippen molar-refractivity contribution in [3.63, 3.8) is 0 Å². The maximum absolute atomic E-state index is 12.0. The van der Waals surface area contributed by atoms with Crippen LogP contribution < -0.4 is 10.9 Å². The Morgan fingerprint density at radius 3 is 3.05 bits per heavy atom. The van der Waals surface area contributed by atoms with E-state index < -0.39 is 0 Å². The molecule has 3 rings (SSSR count). The fraction of sp³-hybridized carbons (Fsp3) is 0.143. The Morgan fingerprint density at radius 1 is 1.42 bits per heavy atom. The van der Waals surface area contributed by atoms with Gasteiger partial charge in [0.2, 0.25) is 0 Å². The molecule has 2 heterocycles. The summed E-state index contributed by atoms with van der Waals surface area (Å²) in [4.78, 5) is 16.4. The van der Waals surface area contributed by atoms with Crippen LogP contribution in [0.2, 0.25) is 0 Å². The molecule has 1 aliphatic heterocycles. The summed E-state index contributed by atoms with van der Waals surface area (Å²) >= 11 is 1.56. The first kappa shape index (κ1) is 12.0. The van der Waals surface area contributed by atoms with E-state index in [0.717, 1.165) is 5.39 Å². The van der Waals surface area contributed by atoms with Crippen LogP contribution in [-0.2, 0) is 0 Å². The third kappa shape index (κ3) is 2.42. The average Bonchev–Trinajstić information content (AvgIpc) is 2.90. The Hall–Kier alpha value is -2.01. The minimum absolute atomic E-state index is 0.0640. The summed E-state index contributed by atoms with van der Waals surface area (Å²) < 4.78 is 5.30. The monoisotopic (exact) mass is 272 g/mol. The van der Waals surface area contributed by atoms with Crippen LogP contribution in [0.25, 0.3) is 11.0 Å². The lowest BCUT2D eigenvalue weighted by molar-refractivity contribution is 0.559. The smallest absolute Gasteiger partial charge is 0.345 e. The number of hydrogen-bond acceptors (Lipinski definition) is 5. The van der Waals surface area contributed by atoms with Gasteiger partial charge in [0.05, 0.1) is 5.56 Å². The second kappa shape index (κ2) is 4.93. The SMILES string of the molecule is CC(=N[C@@H]1NC=CS1)c1cc2ccccc2oc1=O. The van der Waals surface area contributed by atoms with Gasteiger partial charge in [0, 0.05) is 17.3 Å². The molecule has 96 valence electrons. The number of thioether (sulfide) groups is 1. The molecule has 4 nitrogen and oxygen atoms in total. The van der Waals surface area contributed by atoms with Gasteiger partial charge >= 0.3 is 5.63 Å². The third-order valence-corrected chi connectivity index (χ3v) is 3.65. The molecule has 0 unspecified atom stereocenters. The zero-order valence-electron chi connectivity index (χ0n) is 10.3. The molecule has 0 amide bonds. The standard InChI is InChI=1S/C14H12N2O2S/c1-9(16-14-15-6-7-19-14)11-8-10-4-2-3-5-12(10)18-13(11)17/h2-8,14-15H,1H3/t14-/m0/s1. The fourth-order valence-electron chi connectivity index (χ4n) is 1.90. The molecule has 0 spiro atoms. The molecule has 1 N–H and O–H groups in total. The Kier molecular flexibility index (Phi) is 3.13. The number of aliphatic imine (C=N–C) groups is 1. The molecule has 0 radical (unpaired) electrons. The number of fused-ring (bicyclic) bond motifs is 1. The number of rotatable bonds is 2. The first-order valence-electron chi connectivity index (χ1n) is 5.88. The van der Waals surface area contributed by atoms with Gasteiger partial charge in [-0.25, -0.2) is 4.79 Å². The van der Waals surface area contributed by atoms with Crippen LogP contribution in [0.4, 0.5) is 0 Å². The molecule has 2 aromatic rings. The lowest BCUT2D eigenvalue weighted by Crippen LogP contribution is -2.18. The summed E-state index contributed by atoms with van der Waals surface area (Å²) in [7, 11) is 0. The van der Waals surface area contributed by atoms with Crippen molar-refractivity contribution in [3.05, 3.63) is 57.9 Å². The predicted octanol–water partition coefficient (Wildman–Crippen LogP) is 2.69. The van der Waals surface area contributed by atoms with Crippen molar-refractivity contribution in [2.75, 3.05) is 0 Å². The number of benzene rings is 1. The van der Waals surface area contributed by atoms with E-state index in [4.69, 9.17) is 4.42 Å². The van der Waals surface area contributed by atoms with Gasteiger partial charge in [0.15, 0.2) is 5.50 Å². The largest absolute Gasteiger partial charge is 0.422 e. The average molecular weight is 272 g/mol. The summed E-state index contributed by atoms with van der Waals surface area (Å²) in [6.07, 6.45) is 1.84. The Bertz CT molecular complexity index is 726. The summed E-state index contributed by atoms with van der Waals surface area (Å²) in [6.45, 7) is 1.82. The van der Waals surface area contributed by atoms with Crippen molar-refractivity contribution in [2.24, 2.45) is 4.99 Å². The Morgan fingerprint density at radius 2 is 2.26 bits per heavy atom. The van der Waals surface area contributed by atoms with E-state index in [1.165, 1.54) is 0 Å². The zero-order valence-corrected chi connectivity index (χ0v) is 11.1. The maximum atomic E-state index is 12.0. The van der Waals surface area contributed by atoms with Gasteiger partial charge < -0.3 is 9.73 Å². The molecular formula is C14H12N2O2S. The van der Waals surface area contributed by atoms with E-state index in [0.29, 0.717) is 16.9 Å². The van der Waals surface area contributed by atoms with Crippen molar-refractivity contribution in [1.29, 1.82) is 0 Å². The van der Waals surface area contributed by atoms with Gasteiger partial charge in [-0.3, -0.25) is 4.99 Å². The van der Waals surface area contributed by atoms with Crippen molar-refractivity contribution in [2.45, 2.75) is 12.4 Å². The van der Waals surface area contributed by atoms with Gasteiger partial charge in [0.1, 0.15) is 5.58 Å². The Labute approximate surface area is 114 Å². The Balaban J connectivity index is 2.04. The van der Waals surface area contributed by atoms with E-state index in [1.807, 2.05) is 42.8 Å². The molecule has 0 fully saturated rings. The van der Waals surface area contributed by atoms with Crippen LogP contribution >= 0.6 is 11.8 Å². The summed E-state index contributed by atoms with van der Waals surface area (Å²) in [6, 6.07) is 9.28. The molecule has 0 aliphatic carbocycles. The van der Waals surface area contributed by atoms with Crippen molar-refractivity contribution >= 4 is 28.4 Å². The van der Waals surface area contributed by atoms with E-state index in [1.54, 1.807) is 17.8 Å². The van der Waals surface area contributed by atoms with Gasteiger partial charge in [-0.05, 0) is 24.5 Å². The molecule has 19 heavy (non-hydrogen) atoms. The highest BCUT2D eigenvalue weighted by molar-refractivity contribution is 8.02. The van der Waals surface area contributed by atoms with Crippen LogP contribution in [0.1, 0.15) is 12.5 Å². The van der Waals surface area contributed by atoms with Gasteiger partial charge in [-0.2, -0.15) is 0 Å². The summed E-state index contributed by atoms with van der Waals surface area (Å²) in [5.41, 5.74) is 1.36. The van der Waals surface area contributed by atoms with Crippen LogP contribution in [0.15, 0.2) is 56.1 Å². The zero-order chi connectivity index (χ0) is 13.2. The molecular weight excluding hydrogens is 260 g/mol. The molecule has 0 saturated carbocycles. The second-order valence-electron chi connectivity index (χ2n) is 4.16. The minimum Gasteiger partial charge on any atom is -0.422 e. The topological polar surface area (TPSA) is 54.6 Å². The second-order valence-corrected chi connectivity index (χ2v) is 5.15. The minimum atomic E-state index is -0.351. The number of nitrogens with one attached hydrogen (secondary N) is 1. The molecule has 1 aromatic carbocycles. The maximum Gasteiger partial charge on any atom is 0.345 e. The predicted molar refractivity (Wildman–Crippen MR) is 78.3 cm³/mol. The van der Waals surface area contributed by atoms with Crippen LogP contribution in [0.3, 0.4) is 0 Å². The molecule has 1 aromatic heterocycles. The number of hydrogen-bond donors (Lipinski definition) is 1. The lowest BCUT2D eigenvalue weighted by Gasteiger charge is -2.07. The van der Waals surface area contributed by atoms with E-state index in [-0.39, 0.29) is 11.1 Å². The lowest BCUT2D eigenvalue weighted by atomic mass is 10.1. The van der Waals surface area contributed by atoms with Gasteiger partial charge in [-0.1, -0.05) is 30.0 Å². The first-order valence-corrected chi connectivity index (χ1v) is 6.82. The number of para-hydroxylation sites is 1.